The van der Waals surface area contributed by atoms with E-state index < -0.39 is 21.7 Å². The molecule has 0 radical (unpaired) electrons. The molecule has 0 spiro atoms. The molecule has 0 unspecified atom stereocenters. The van der Waals surface area contributed by atoms with Crippen molar-refractivity contribution in [2.45, 2.75) is 38.6 Å². The Morgan fingerprint density at radius 1 is 1.02 bits per heavy atom. The first-order chi connectivity index (χ1) is 19.6. The number of hydrogen-bond acceptors (Lipinski definition) is 8. The fourth-order valence-electron chi connectivity index (χ4n) is 3.83. The molecule has 4 rings (SSSR count). The highest BCUT2D eigenvalue weighted by Crippen LogP contribution is 2.28. The smallest absolute Gasteiger partial charge is 0.281 e. The van der Waals surface area contributed by atoms with Crippen molar-refractivity contribution in [2.75, 3.05) is 13.2 Å². The van der Waals surface area contributed by atoms with Gasteiger partial charge in [0.15, 0.2) is 5.03 Å². The Morgan fingerprint density at radius 2 is 1.85 bits per heavy atom. The van der Waals surface area contributed by atoms with Crippen LogP contribution in [0.4, 0.5) is 4.39 Å². The van der Waals surface area contributed by atoms with Crippen LogP contribution >= 0.6 is 0 Å². The summed E-state index contributed by atoms with van der Waals surface area (Å²) >= 11 is 0. The first-order valence-corrected chi connectivity index (χ1v) is 14.6. The minimum Gasteiger partial charge on any atom is -0.493 e. The first-order valence-electron chi connectivity index (χ1n) is 13.1. The van der Waals surface area contributed by atoms with Gasteiger partial charge in [-0.3, -0.25) is 9.78 Å². The number of aromatic nitrogens is 3. The van der Waals surface area contributed by atoms with Crippen molar-refractivity contribution in [3.05, 3.63) is 95.7 Å². The normalized spacial score (nSPS) is 11.3. The molecule has 9 nitrogen and oxygen atoms in total. The van der Waals surface area contributed by atoms with Crippen LogP contribution in [-0.2, 0) is 16.4 Å². The number of carbonyl (C=O) groups is 1. The van der Waals surface area contributed by atoms with Crippen molar-refractivity contribution >= 4 is 15.9 Å². The van der Waals surface area contributed by atoms with Crippen molar-refractivity contribution < 1.29 is 27.1 Å². The zero-order valence-electron chi connectivity index (χ0n) is 23.0. The van der Waals surface area contributed by atoms with Gasteiger partial charge in [-0.15, -0.1) is 0 Å². The Kier molecular flexibility index (Phi) is 9.61. The molecule has 0 saturated heterocycles. The average molecular weight is 579 g/mol. The van der Waals surface area contributed by atoms with E-state index in [0.717, 1.165) is 5.56 Å². The van der Waals surface area contributed by atoms with Gasteiger partial charge in [-0.05, 0) is 73.7 Å². The Balaban J connectivity index is 1.61. The number of hydrogen-bond donors (Lipinski definition) is 1. The molecular formula is C30H31FN4O5S. The van der Waals surface area contributed by atoms with E-state index in [4.69, 9.17) is 9.47 Å². The number of nitrogens with zero attached hydrogens (tertiary/aromatic N) is 3. The quantitative estimate of drug-likeness (QED) is 0.229. The Bertz CT molecular complexity index is 1610. The number of rotatable bonds is 12. The maximum atomic E-state index is 14.4. The lowest BCUT2D eigenvalue weighted by Gasteiger charge is -2.14. The number of pyridine rings is 3. The molecule has 1 amide bonds. The van der Waals surface area contributed by atoms with Crippen LogP contribution in [0.5, 0.6) is 11.6 Å². The van der Waals surface area contributed by atoms with Crippen LogP contribution in [-0.4, -0.2) is 42.5 Å². The monoisotopic (exact) mass is 578 g/mol. The summed E-state index contributed by atoms with van der Waals surface area (Å²) in [6.07, 6.45) is 4.69. The molecular weight excluding hydrogens is 547 g/mol. The van der Waals surface area contributed by atoms with E-state index in [1.165, 1.54) is 36.4 Å². The van der Waals surface area contributed by atoms with Crippen LogP contribution in [0.25, 0.3) is 11.3 Å². The number of halogens is 1. The Labute approximate surface area is 238 Å². The van der Waals surface area contributed by atoms with Crippen molar-refractivity contribution in [2.24, 2.45) is 5.92 Å². The predicted octanol–water partition coefficient (Wildman–Crippen LogP) is 5.15. The van der Waals surface area contributed by atoms with Crippen LogP contribution in [0.15, 0.2) is 78.1 Å². The van der Waals surface area contributed by atoms with Crippen LogP contribution in [0.1, 0.15) is 41.9 Å². The summed E-state index contributed by atoms with van der Waals surface area (Å²) < 4.78 is 53.8. The van der Waals surface area contributed by atoms with Crippen molar-refractivity contribution in [1.29, 1.82) is 0 Å². The maximum absolute atomic E-state index is 14.4. The zero-order chi connectivity index (χ0) is 29.4. The number of amides is 1. The molecule has 0 atom stereocenters. The summed E-state index contributed by atoms with van der Waals surface area (Å²) in [7, 11) is -4.26. The molecule has 0 fully saturated rings. The number of aryl methyl sites for hydroxylation is 2. The lowest BCUT2D eigenvalue weighted by atomic mass is 10.1. The molecule has 0 aliphatic heterocycles. The fourth-order valence-corrected chi connectivity index (χ4v) is 4.81. The molecule has 1 aromatic carbocycles. The van der Waals surface area contributed by atoms with Gasteiger partial charge in [-0.2, -0.15) is 8.42 Å². The standard InChI is InChI=1S/C30H31FN4O5S/c1-20(2)19-40-25-16-23(15-24(31)17-25)27-12-11-26(29(36)35-41(37,38)28-10-4-7-21(3)33-28)30(34-27)39-14-6-9-22-8-5-13-32-18-22/h4-5,7-8,10-13,15-18,20H,6,9,14,19H2,1-3H3,(H,35,36). The zero-order valence-corrected chi connectivity index (χ0v) is 23.8. The van der Waals surface area contributed by atoms with E-state index in [0.29, 0.717) is 42.1 Å². The van der Waals surface area contributed by atoms with Gasteiger partial charge in [0, 0.05) is 29.7 Å². The highest BCUT2D eigenvalue weighted by molar-refractivity contribution is 7.90. The summed E-state index contributed by atoms with van der Waals surface area (Å²) in [5.41, 5.74) is 2.13. The van der Waals surface area contributed by atoms with E-state index >= 15 is 0 Å². The van der Waals surface area contributed by atoms with Gasteiger partial charge in [0.1, 0.15) is 17.1 Å². The van der Waals surface area contributed by atoms with E-state index in [9.17, 15) is 17.6 Å². The van der Waals surface area contributed by atoms with Gasteiger partial charge >= 0.3 is 0 Å². The lowest BCUT2D eigenvalue weighted by Crippen LogP contribution is -2.31. The number of carbonyl (C=O) groups excluding carboxylic acids is 1. The largest absolute Gasteiger partial charge is 0.493 e. The molecule has 3 aromatic heterocycles. The summed E-state index contributed by atoms with van der Waals surface area (Å²) in [6, 6.07) is 15.4. The molecule has 3 heterocycles. The molecule has 4 aromatic rings. The minimum absolute atomic E-state index is 0.0903. The Morgan fingerprint density at radius 3 is 2.59 bits per heavy atom. The van der Waals surface area contributed by atoms with Gasteiger partial charge in [0.25, 0.3) is 15.9 Å². The Hall–Kier alpha value is -4.38. The van der Waals surface area contributed by atoms with E-state index in [2.05, 4.69) is 15.0 Å². The number of ether oxygens (including phenoxy) is 2. The highest BCUT2D eigenvalue weighted by atomic mass is 32.2. The van der Waals surface area contributed by atoms with Crippen LogP contribution < -0.4 is 14.2 Å². The summed E-state index contributed by atoms with van der Waals surface area (Å²) in [5, 5.41) is -0.289. The predicted molar refractivity (Wildman–Crippen MR) is 152 cm³/mol. The summed E-state index contributed by atoms with van der Waals surface area (Å²) in [4.78, 5) is 25.7. The summed E-state index contributed by atoms with van der Waals surface area (Å²) in [6.45, 7) is 6.21. The van der Waals surface area contributed by atoms with Gasteiger partial charge in [0.2, 0.25) is 5.88 Å². The van der Waals surface area contributed by atoms with Crippen molar-refractivity contribution in [3.63, 3.8) is 0 Å². The summed E-state index contributed by atoms with van der Waals surface area (Å²) in [5.74, 6) is -0.952. The van der Waals surface area contributed by atoms with Gasteiger partial charge in [0.05, 0.1) is 18.9 Å². The molecule has 0 bridgehead atoms. The second kappa shape index (κ2) is 13.3. The molecule has 0 aliphatic carbocycles. The fraction of sp³-hybridized carbons (Fsp3) is 0.267. The average Bonchev–Trinajstić information content (AvgIpc) is 2.94. The molecule has 11 heteroatoms. The van der Waals surface area contributed by atoms with Crippen LogP contribution in [0, 0.1) is 18.7 Å². The third-order valence-corrected chi connectivity index (χ3v) is 7.02. The molecule has 41 heavy (non-hydrogen) atoms. The lowest BCUT2D eigenvalue weighted by molar-refractivity contribution is 0.0976. The number of sulfonamides is 1. The van der Waals surface area contributed by atoms with Crippen molar-refractivity contribution in [1.82, 2.24) is 19.7 Å². The SMILES string of the molecule is Cc1cccc(S(=O)(=O)NC(=O)c2ccc(-c3cc(F)cc(OCC(C)C)c3)nc2OCCCc2cccnc2)n1. The van der Waals surface area contributed by atoms with Gasteiger partial charge in [-0.25, -0.2) is 19.1 Å². The molecule has 0 saturated carbocycles. The number of benzene rings is 1. The third-order valence-electron chi connectivity index (χ3n) is 5.79. The maximum Gasteiger partial charge on any atom is 0.281 e. The van der Waals surface area contributed by atoms with E-state index in [1.807, 2.05) is 30.7 Å². The topological polar surface area (TPSA) is 120 Å². The van der Waals surface area contributed by atoms with Crippen LogP contribution in [0.3, 0.4) is 0 Å². The first kappa shape index (κ1) is 29.6. The van der Waals surface area contributed by atoms with Crippen molar-refractivity contribution in [3.8, 4) is 22.9 Å². The van der Waals surface area contributed by atoms with Gasteiger partial charge < -0.3 is 9.47 Å². The van der Waals surface area contributed by atoms with Gasteiger partial charge in [-0.1, -0.05) is 26.0 Å². The molecule has 214 valence electrons. The van der Waals surface area contributed by atoms with Crippen LogP contribution in [0.2, 0.25) is 0 Å². The second-order valence-corrected chi connectivity index (χ2v) is 11.4. The number of nitrogens with one attached hydrogen (secondary N) is 1. The second-order valence-electron chi connectivity index (χ2n) is 9.79. The van der Waals surface area contributed by atoms with E-state index in [-0.39, 0.29) is 29.0 Å². The highest BCUT2D eigenvalue weighted by Gasteiger charge is 2.24. The minimum atomic E-state index is -4.26. The molecule has 0 aliphatic rings. The molecule has 1 N–H and O–H groups in total. The third kappa shape index (κ3) is 8.31. The van der Waals surface area contributed by atoms with E-state index in [1.54, 1.807) is 31.5 Å².